The van der Waals surface area contributed by atoms with Crippen LogP contribution in [-0.2, 0) is 4.74 Å². The number of nitro benzene ring substituents is 1. The number of nitro groups is 1. The van der Waals surface area contributed by atoms with Gasteiger partial charge in [0.1, 0.15) is 5.69 Å². The largest absolute Gasteiger partial charge is 0.377 e. The summed E-state index contributed by atoms with van der Waals surface area (Å²) >= 11 is 0. The Kier molecular flexibility index (Phi) is 4.45. The number of ether oxygens (including phenoxy) is 1. The number of rotatable bonds is 6. The molecule has 0 aliphatic heterocycles. The summed E-state index contributed by atoms with van der Waals surface area (Å²) in [5.41, 5.74) is 0.253. The van der Waals surface area contributed by atoms with Gasteiger partial charge in [0.2, 0.25) is 0 Å². The molecule has 0 aliphatic carbocycles. The highest BCUT2D eigenvalue weighted by molar-refractivity contribution is 5.61. The van der Waals surface area contributed by atoms with E-state index in [1.54, 1.807) is 18.2 Å². The van der Waals surface area contributed by atoms with Crippen molar-refractivity contribution in [2.24, 2.45) is 0 Å². The maximum Gasteiger partial charge on any atom is 0.292 e. The van der Waals surface area contributed by atoms with Crippen LogP contribution < -0.4 is 5.32 Å². The normalized spacial score (nSPS) is 11.2. The lowest BCUT2D eigenvalue weighted by molar-refractivity contribution is -0.384. The average Bonchev–Trinajstić information content (AvgIpc) is 2.27. The fourth-order valence-electron chi connectivity index (χ4n) is 1.53. The Balaban J connectivity index is 2.72. The number of nitrogens with one attached hydrogen (secondary N) is 1. The zero-order valence-electron chi connectivity index (χ0n) is 10.4. The van der Waals surface area contributed by atoms with Crippen LogP contribution in [0, 0.1) is 10.1 Å². The predicted octanol–water partition coefficient (Wildman–Crippen LogP) is 2.82. The van der Waals surface area contributed by atoms with Crippen LogP contribution in [0.3, 0.4) is 0 Å². The van der Waals surface area contributed by atoms with E-state index in [1.165, 1.54) is 6.07 Å². The van der Waals surface area contributed by atoms with Crippen molar-refractivity contribution in [1.29, 1.82) is 0 Å². The fourth-order valence-corrected chi connectivity index (χ4v) is 1.53. The lowest BCUT2D eigenvalue weighted by Crippen LogP contribution is -2.33. The van der Waals surface area contributed by atoms with Gasteiger partial charge in [-0.2, -0.15) is 0 Å². The van der Waals surface area contributed by atoms with E-state index in [4.69, 9.17) is 4.74 Å². The van der Waals surface area contributed by atoms with Crippen LogP contribution in [0.1, 0.15) is 20.8 Å². The van der Waals surface area contributed by atoms with E-state index in [2.05, 4.69) is 5.32 Å². The molecular formula is C12H18N2O3. The molecule has 5 nitrogen and oxygen atoms in total. The number of nitrogens with zero attached hydrogens (tertiary/aromatic N) is 1. The van der Waals surface area contributed by atoms with E-state index in [-0.39, 0.29) is 11.3 Å². The maximum atomic E-state index is 10.8. The molecule has 94 valence electrons. The van der Waals surface area contributed by atoms with Gasteiger partial charge in [0.25, 0.3) is 5.69 Å². The standard InChI is InChI=1S/C12H18N2O3/c1-4-17-12(2,3)9-13-10-7-5-6-8-11(10)14(15)16/h5-8,13H,4,9H2,1-3H3. The van der Waals surface area contributed by atoms with Crippen LogP contribution in [-0.4, -0.2) is 23.7 Å². The summed E-state index contributed by atoms with van der Waals surface area (Å²) in [6.07, 6.45) is 0. The summed E-state index contributed by atoms with van der Waals surface area (Å²) in [6, 6.07) is 6.59. The Bertz CT molecular complexity index is 391. The van der Waals surface area contributed by atoms with E-state index in [0.29, 0.717) is 18.8 Å². The first-order valence-corrected chi connectivity index (χ1v) is 5.57. The molecule has 17 heavy (non-hydrogen) atoms. The maximum absolute atomic E-state index is 10.8. The van der Waals surface area contributed by atoms with E-state index < -0.39 is 4.92 Å². The van der Waals surface area contributed by atoms with Gasteiger partial charge in [0.15, 0.2) is 0 Å². The van der Waals surface area contributed by atoms with Crippen molar-refractivity contribution in [2.45, 2.75) is 26.4 Å². The first-order valence-electron chi connectivity index (χ1n) is 5.57. The van der Waals surface area contributed by atoms with Crippen molar-refractivity contribution in [3.8, 4) is 0 Å². The van der Waals surface area contributed by atoms with Crippen molar-refractivity contribution in [3.63, 3.8) is 0 Å². The van der Waals surface area contributed by atoms with Gasteiger partial charge < -0.3 is 10.1 Å². The number of hydrogen-bond acceptors (Lipinski definition) is 4. The smallest absolute Gasteiger partial charge is 0.292 e. The summed E-state index contributed by atoms with van der Waals surface area (Å²) < 4.78 is 5.52. The minimum Gasteiger partial charge on any atom is -0.377 e. The van der Waals surface area contributed by atoms with Crippen LogP contribution in [0.4, 0.5) is 11.4 Å². The van der Waals surface area contributed by atoms with Crippen molar-refractivity contribution in [1.82, 2.24) is 0 Å². The average molecular weight is 238 g/mol. The second kappa shape index (κ2) is 5.63. The van der Waals surface area contributed by atoms with Gasteiger partial charge >= 0.3 is 0 Å². The minimum atomic E-state index is -0.393. The molecule has 0 spiro atoms. The quantitative estimate of drug-likeness (QED) is 0.611. The van der Waals surface area contributed by atoms with Gasteiger partial charge in [-0.3, -0.25) is 10.1 Å². The van der Waals surface area contributed by atoms with Crippen LogP contribution in [0.2, 0.25) is 0 Å². The highest BCUT2D eigenvalue weighted by Crippen LogP contribution is 2.24. The van der Waals surface area contributed by atoms with E-state index >= 15 is 0 Å². The van der Waals surface area contributed by atoms with E-state index in [1.807, 2.05) is 20.8 Å². The molecule has 0 unspecified atom stereocenters. The second-order valence-electron chi connectivity index (χ2n) is 4.32. The molecule has 1 aromatic carbocycles. The van der Waals surface area contributed by atoms with Gasteiger partial charge in [0, 0.05) is 19.2 Å². The van der Waals surface area contributed by atoms with Gasteiger partial charge in [-0.25, -0.2) is 0 Å². The highest BCUT2D eigenvalue weighted by atomic mass is 16.6. The molecule has 0 heterocycles. The van der Waals surface area contributed by atoms with Crippen molar-refractivity contribution in [2.75, 3.05) is 18.5 Å². The Labute approximate surface area is 101 Å². The molecule has 0 aliphatic rings. The van der Waals surface area contributed by atoms with Crippen molar-refractivity contribution in [3.05, 3.63) is 34.4 Å². The zero-order valence-corrected chi connectivity index (χ0v) is 10.4. The Morgan fingerprint density at radius 2 is 2.06 bits per heavy atom. The molecular weight excluding hydrogens is 220 g/mol. The van der Waals surface area contributed by atoms with Crippen molar-refractivity contribution < 1.29 is 9.66 Å². The predicted molar refractivity (Wildman–Crippen MR) is 67.3 cm³/mol. The third-order valence-corrected chi connectivity index (χ3v) is 2.34. The number of hydrogen-bond donors (Lipinski definition) is 1. The van der Waals surface area contributed by atoms with E-state index in [9.17, 15) is 10.1 Å². The molecule has 0 bridgehead atoms. The first kappa shape index (κ1) is 13.4. The lowest BCUT2D eigenvalue weighted by atomic mass is 10.1. The molecule has 0 saturated heterocycles. The SMILES string of the molecule is CCOC(C)(C)CNc1ccccc1[N+](=O)[O-]. The van der Waals surface area contributed by atoms with Crippen LogP contribution in [0.5, 0.6) is 0 Å². The Hall–Kier alpha value is -1.62. The molecule has 1 rings (SSSR count). The Morgan fingerprint density at radius 3 is 2.65 bits per heavy atom. The topological polar surface area (TPSA) is 64.4 Å². The fraction of sp³-hybridized carbons (Fsp3) is 0.500. The summed E-state index contributed by atoms with van der Waals surface area (Å²) in [5.74, 6) is 0. The molecule has 0 atom stereocenters. The summed E-state index contributed by atoms with van der Waals surface area (Å²) in [4.78, 5) is 10.4. The highest BCUT2D eigenvalue weighted by Gasteiger charge is 2.19. The zero-order chi connectivity index (χ0) is 12.9. The molecule has 5 heteroatoms. The summed E-state index contributed by atoms with van der Waals surface area (Å²) in [7, 11) is 0. The third kappa shape index (κ3) is 4.03. The minimum absolute atomic E-state index is 0.0831. The third-order valence-electron chi connectivity index (χ3n) is 2.34. The second-order valence-corrected chi connectivity index (χ2v) is 4.32. The monoisotopic (exact) mass is 238 g/mol. The van der Waals surface area contributed by atoms with Crippen LogP contribution in [0.25, 0.3) is 0 Å². The van der Waals surface area contributed by atoms with Crippen LogP contribution >= 0.6 is 0 Å². The molecule has 0 fully saturated rings. The first-order chi connectivity index (χ1) is 7.96. The molecule has 0 radical (unpaired) electrons. The molecule has 1 aromatic rings. The molecule has 0 aromatic heterocycles. The number of para-hydroxylation sites is 2. The summed E-state index contributed by atoms with van der Waals surface area (Å²) in [6.45, 7) is 6.94. The van der Waals surface area contributed by atoms with Gasteiger partial charge in [-0.15, -0.1) is 0 Å². The van der Waals surface area contributed by atoms with Crippen LogP contribution in [0.15, 0.2) is 24.3 Å². The summed E-state index contributed by atoms with van der Waals surface area (Å²) in [5, 5.41) is 13.9. The molecule has 1 N–H and O–H groups in total. The van der Waals surface area contributed by atoms with E-state index in [0.717, 1.165) is 0 Å². The van der Waals surface area contributed by atoms with Gasteiger partial charge in [-0.1, -0.05) is 12.1 Å². The van der Waals surface area contributed by atoms with Gasteiger partial charge in [0.05, 0.1) is 10.5 Å². The van der Waals surface area contributed by atoms with Crippen molar-refractivity contribution >= 4 is 11.4 Å². The van der Waals surface area contributed by atoms with Gasteiger partial charge in [-0.05, 0) is 26.8 Å². The number of benzene rings is 1. The molecule has 0 saturated carbocycles. The molecule has 0 amide bonds. The number of anilines is 1. The Morgan fingerprint density at radius 1 is 1.41 bits per heavy atom. The lowest BCUT2D eigenvalue weighted by Gasteiger charge is -2.25.